The van der Waals surface area contributed by atoms with Crippen LogP contribution in [0.25, 0.3) is 0 Å². The van der Waals surface area contributed by atoms with Crippen molar-refractivity contribution in [1.82, 2.24) is 5.32 Å². The molecule has 0 aliphatic rings. The predicted octanol–water partition coefficient (Wildman–Crippen LogP) is 2.20. The van der Waals surface area contributed by atoms with Gasteiger partial charge in [-0.2, -0.15) is 0 Å². The first-order valence-electron chi connectivity index (χ1n) is 5.86. The molecule has 0 fully saturated rings. The van der Waals surface area contributed by atoms with Crippen molar-refractivity contribution in [1.29, 1.82) is 0 Å². The monoisotopic (exact) mass is 236 g/mol. The minimum atomic E-state index is -0.136. The molecular weight excluding hydrogens is 216 g/mol. The van der Waals surface area contributed by atoms with Gasteiger partial charge in [0.1, 0.15) is 5.75 Å². The Kier molecular flexibility index (Phi) is 4.82. The molecule has 0 unspecified atom stereocenters. The summed E-state index contributed by atoms with van der Waals surface area (Å²) in [6, 6.07) is 5.24. The molecule has 0 aliphatic heterocycles. The van der Waals surface area contributed by atoms with Crippen LogP contribution in [-0.2, 0) is 0 Å². The van der Waals surface area contributed by atoms with Crippen LogP contribution in [0.3, 0.4) is 0 Å². The van der Waals surface area contributed by atoms with Crippen molar-refractivity contribution >= 4 is 11.6 Å². The summed E-state index contributed by atoms with van der Waals surface area (Å²) in [4.78, 5) is 12.1. The summed E-state index contributed by atoms with van der Waals surface area (Å²) >= 11 is 0. The Labute approximate surface area is 102 Å². The van der Waals surface area contributed by atoms with Crippen LogP contribution in [-0.4, -0.2) is 19.1 Å². The molecule has 94 valence electrons. The molecule has 1 aromatic rings. The average Bonchev–Trinajstić information content (AvgIpc) is 2.35. The first kappa shape index (κ1) is 13.4. The summed E-state index contributed by atoms with van der Waals surface area (Å²) in [5.41, 5.74) is 6.72. The van der Waals surface area contributed by atoms with E-state index in [0.29, 0.717) is 17.0 Å². The summed E-state index contributed by atoms with van der Waals surface area (Å²) in [7, 11) is 1.54. The highest BCUT2D eigenvalue weighted by Crippen LogP contribution is 2.21. The SMILES string of the molecule is CCC(CC)NC(=O)c1cc(N)ccc1OC. The Morgan fingerprint density at radius 3 is 2.59 bits per heavy atom. The first-order valence-corrected chi connectivity index (χ1v) is 5.86. The number of ether oxygens (including phenoxy) is 1. The molecule has 17 heavy (non-hydrogen) atoms. The second kappa shape index (κ2) is 6.13. The van der Waals surface area contributed by atoms with Crippen LogP contribution in [0.1, 0.15) is 37.0 Å². The molecule has 4 heteroatoms. The maximum Gasteiger partial charge on any atom is 0.255 e. The summed E-state index contributed by atoms with van der Waals surface area (Å²) in [6.45, 7) is 4.09. The number of nitrogen functional groups attached to an aromatic ring is 1. The van der Waals surface area contributed by atoms with E-state index in [1.807, 2.05) is 13.8 Å². The minimum Gasteiger partial charge on any atom is -0.496 e. The van der Waals surface area contributed by atoms with Crippen molar-refractivity contribution in [2.45, 2.75) is 32.7 Å². The molecular formula is C13H20N2O2. The number of rotatable bonds is 5. The molecule has 0 atom stereocenters. The Morgan fingerprint density at radius 1 is 1.41 bits per heavy atom. The molecule has 0 aliphatic carbocycles. The summed E-state index contributed by atoms with van der Waals surface area (Å²) in [5, 5.41) is 2.96. The first-order chi connectivity index (χ1) is 8.12. The lowest BCUT2D eigenvalue weighted by molar-refractivity contribution is 0.0932. The van der Waals surface area contributed by atoms with Gasteiger partial charge in [0.2, 0.25) is 0 Å². The molecule has 0 heterocycles. The van der Waals surface area contributed by atoms with E-state index in [-0.39, 0.29) is 11.9 Å². The number of anilines is 1. The van der Waals surface area contributed by atoms with E-state index in [2.05, 4.69) is 5.32 Å². The van der Waals surface area contributed by atoms with Gasteiger partial charge in [-0.15, -0.1) is 0 Å². The Bertz CT molecular complexity index is 387. The van der Waals surface area contributed by atoms with Crippen molar-refractivity contribution < 1.29 is 9.53 Å². The summed E-state index contributed by atoms with van der Waals surface area (Å²) < 4.78 is 5.15. The van der Waals surface area contributed by atoms with Gasteiger partial charge in [-0.3, -0.25) is 4.79 Å². The molecule has 1 rings (SSSR count). The Morgan fingerprint density at radius 2 is 2.06 bits per heavy atom. The molecule has 1 aromatic carbocycles. The number of carbonyl (C=O) groups is 1. The van der Waals surface area contributed by atoms with E-state index in [1.54, 1.807) is 25.3 Å². The van der Waals surface area contributed by atoms with Gasteiger partial charge < -0.3 is 15.8 Å². The van der Waals surface area contributed by atoms with Gasteiger partial charge in [0.05, 0.1) is 12.7 Å². The lowest BCUT2D eigenvalue weighted by atomic mass is 10.1. The molecule has 0 saturated carbocycles. The number of benzene rings is 1. The molecule has 0 radical (unpaired) electrons. The largest absolute Gasteiger partial charge is 0.496 e. The van der Waals surface area contributed by atoms with E-state index >= 15 is 0 Å². The second-order valence-corrected chi connectivity index (χ2v) is 3.95. The van der Waals surface area contributed by atoms with E-state index in [0.717, 1.165) is 12.8 Å². The summed E-state index contributed by atoms with van der Waals surface area (Å²) in [6.07, 6.45) is 1.82. The van der Waals surface area contributed by atoms with Crippen LogP contribution in [0.4, 0.5) is 5.69 Å². The van der Waals surface area contributed by atoms with Gasteiger partial charge in [-0.05, 0) is 31.0 Å². The fraction of sp³-hybridized carbons (Fsp3) is 0.462. The maximum atomic E-state index is 12.1. The lowest BCUT2D eigenvalue weighted by Crippen LogP contribution is -2.34. The van der Waals surface area contributed by atoms with Gasteiger partial charge in [0.25, 0.3) is 5.91 Å². The van der Waals surface area contributed by atoms with E-state index < -0.39 is 0 Å². The van der Waals surface area contributed by atoms with E-state index in [9.17, 15) is 4.79 Å². The van der Waals surface area contributed by atoms with Crippen LogP contribution < -0.4 is 15.8 Å². The smallest absolute Gasteiger partial charge is 0.255 e. The standard InChI is InChI=1S/C13H20N2O2/c1-4-10(5-2)15-13(16)11-8-9(14)6-7-12(11)17-3/h6-8,10H,4-5,14H2,1-3H3,(H,15,16). The van der Waals surface area contributed by atoms with Crippen LogP contribution in [0.5, 0.6) is 5.75 Å². The van der Waals surface area contributed by atoms with Gasteiger partial charge in [-0.1, -0.05) is 13.8 Å². The van der Waals surface area contributed by atoms with Crippen molar-refractivity contribution in [3.8, 4) is 5.75 Å². The Balaban J connectivity index is 2.90. The summed E-state index contributed by atoms with van der Waals surface area (Å²) in [5.74, 6) is 0.408. The zero-order valence-electron chi connectivity index (χ0n) is 10.6. The van der Waals surface area contributed by atoms with E-state index in [1.165, 1.54) is 0 Å². The van der Waals surface area contributed by atoms with Crippen LogP contribution in [0.15, 0.2) is 18.2 Å². The normalized spacial score (nSPS) is 10.4. The van der Waals surface area contributed by atoms with Crippen molar-refractivity contribution in [2.24, 2.45) is 0 Å². The third-order valence-corrected chi connectivity index (χ3v) is 2.79. The van der Waals surface area contributed by atoms with Gasteiger partial charge in [0, 0.05) is 11.7 Å². The highest BCUT2D eigenvalue weighted by atomic mass is 16.5. The van der Waals surface area contributed by atoms with E-state index in [4.69, 9.17) is 10.5 Å². The number of carbonyl (C=O) groups excluding carboxylic acids is 1. The predicted molar refractivity (Wildman–Crippen MR) is 69.2 cm³/mol. The zero-order chi connectivity index (χ0) is 12.8. The number of nitrogens with one attached hydrogen (secondary N) is 1. The van der Waals surface area contributed by atoms with Crippen molar-refractivity contribution in [3.05, 3.63) is 23.8 Å². The highest BCUT2D eigenvalue weighted by molar-refractivity contribution is 5.98. The Hall–Kier alpha value is -1.71. The molecule has 4 nitrogen and oxygen atoms in total. The second-order valence-electron chi connectivity index (χ2n) is 3.95. The lowest BCUT2D eigenvalue weighted by Gasteiger charge is -2.16. The molecule has 0 bridgehead atoms. The van der Waals surface area contributed by atoms with Crippen molar-refractivity contribution in [3.63, 3.8) is 0 Å². The number of methoxy groups -OCH3 is 1. The maximum absolute atomic E-state index is 12.1. The van der Waals surface area contributed by atoms with Gasteiger partial charge in [-0.25, -0.2) is 0 Å². The third-order valence-electron chi connectivity index (χ3n) is 2.79. The zero-order valence-corrected chi connectivity index (χ0v) is 10.6. The molecule has 0 aromatic heterocycles. The minimum absolute atomic E-state index is 0.136. The van der Waals surface area contributed by atoms with Crippen LogP contribution >= 0.6 is 0 Å². The number of hydrogen-bond donors (Lipinski definition) is 2. The highest BCUT2D eigenvalue weighted by Gasteiger charge is 2.15. The molecule has 3 N–H and O–H groups in total. The van der Waals surface area contributed by atoms with Crippen LogP contribution in [0, 0.1) is 0 Å². The quantitative estimate of drug-likeness (QED) is 0.770. The molecule has 0 spiro atoms. The van der Waals surface area contributed by atoms with Gasteiger partial charge in [0.15, 0.2) is 0 Å². The van der Waals surface area contributed by atoms with Gasteiger partial charge >= 0.3 is 0 Å². The fourth-order valence-corrected chi connectivity index (χ4v) is 1.66. The fourth-order valence-electron chi connectivity index (χ4n) is 1.66. The average molecular weight is 236 g/mol. The number of amides is 1. The molecule has 1 amide bonds. The number of nitrogens with two attached hydrogens (primary N) is 1. The van der Waals surface area contributed by atoms with Crippen molar-refractivity contribution in [2.75, 3.05) is 12.8 Å². The third kappa shape index (κ3) is 3.37. The number of hydrogen-bond acceptors (Lipinski definition) is 3. The molecule has 0 saturated heterocycles. The van der Waals surface area contributed by atoms with Crippen LogP contribution in [0.2, 0.25) is 0 Å². The topological polar surface area (TPSA) is 64.4 Å².